The van der Waals surface area contributed by atoms with Crippen molar-refractivity contribution in [2.75, 3.05) is 12.3 Å². The Kier molecular flexibility index (Phi) is 4.09. The highest BCUT2D eigenvalue weighted by molar-refractivity contribution is 7.99. The molecule has 1 fully saturated rings. The fourth-order valence-electron chi connectivity index (χ4n) is 1.48. The molecule has 3 nitrogen and oxygen atoms in total. The van der Waals surface area contributed by atoms with Gasteiger partial charge in [0.15, 0.2) is 0 Å². The van der Waals surface area contributed by atoms with Gasteiger partial charge in [-0.15, -0.1) is 11.8 Å². The van der Waals surface area contributed by atoms with E-state index in [1.54, 1.807) is 0 Å². The average molecular weight is 225 g/mol. The van der Waals surface area contributed by atoms with Gasteiger partial charge in [0.25, 0.3) is 0 Å². The highest BCUT2D eigenvalue weighted by atomic mass is 32.2. The molecular weight excluding hydrogens is 206 g/mol. The van der Waals surface area contributed by atoms with E-state index >= 15 is 0 Å². The van der Waals surface area contributed by atoms with Gasteiger partial charge in [-0.3, -0.25) is 4.68 Å². The average Bonchev–Trinajstić information content (AvgIpc) is 2.95. The third-order valence-corrected chi connectivity index (χ3v) is 3.57. The zero-order valence-corrected chi connectivity index (χ0v) is 10.1. The Morgan fingerprint density at radius 1 is 1.53 bits per heavy atom. The van der Waals surface area contributed by atoms with Crippen LogP contribution in [0.25, 0.3) is 0 Å². The molecule has 0 radical (unpaired) electrons. The number of aromatic nitrogens is 2. The van der Waals surface area contributed by atoms with Crippen molar-refractivity contribution in [3.8, 4) is 0 Å². The molecular formula is C11H19N3S. The summed E-state index contributed by atoms with van der Waals surface area (Å²) in [5.41, 5.74) is 0. The molecule has 0 spiro atoms. The van der Waals surface area contributed by atoms with E-state index in [9.17, 15) is 0 Å². The molecule has 0 aromatic carbocycles. The Labute approximate surface area is 95.6 Å². The van der Waals surface area contributed by atoms with Gasteiger partial charge in [0.1, 0.15) is 0 Å². The summed E-state index contributed by atoms with van der Waals surface area (Å²) in [4.78, 5) is 1.28. The lowest BCUT2D eigenvalue weighted by atomic mass is 10.3. The van der Waals surface area contributed by atoms with Gasteiger partial charge in [-0.1, -0.05) is 0 Å². The van der Waals surface area contributed by atoms with Gasteiger partial charge < -0.3 is 5.32 Å². The minimum absolute atomic E-state index is 0.857. The lowest BCUT2D eigenvalue weighted by Gasteiger charge is -2.01. The molecule has 15 heavy (non-hydrogen) atoms. The molecule has 1 heterocycles. The molecule has 1 saturated carbocycles. The molecule has 4 heteroatoms. The topological polar surface area (TPSA) is 29.9 Å². The maximum absolute atomic E-state index is 4.15. The van der Waals surface area contributed by atoms with Crippen LogP contribution in [0.2, 0.25) is 0 Å². The maximum atomic E-state index is 4.15. The lowest BCUT2D eigenvalue weighted by molar-refractivity contribution is 0.640. The Hall–Kier alpha value is -0.480. The van der Waals surface area contributed by atoms with Gasteiger partial charge in [0, 0.05) is 24.2 Å². The van der Waals surface area contributed by atoms with Crippen molar-refractivity contribution >= 4 is 11.8 Å². The van der Waals surface area contributed by atoms with Crippen LogP contribution in [0.5, 0.6) is 0 Å². The standard InChI is InChI=1S/C11H19N3S/c1-14-9-11(8-13-14)15-7-3-2-6-12-10-4-5-10/h8-10,12H,2-7H2,1H3. The molecule has 0 amide bonds. The van der Waals surface area contributed by atoms with Crippen molar-refractivity contribution in [3.63, 3.8) is 0 Å². The van der Waals surface area contributed by atoms with Crippen LogP contribution >= 0.6 is 11.8 Å². The number of hydrogen-bond donors (Lipinski definition) is 1. The number of hydrogen-bond acceptors (Lipinski definition) is 3. The van der Waals surface area contributed by atoms with Gasteiger partial charge in [-0.2, -0.15) is 5.10 Å². The molecule has 2 rings (SSSR count). The summed E-state index contributed by atoms with van der Waals surface area (Å²) < 4.78 is 1.86. The maximum Gasteiger partial charge on any atom is 0.0625 e. The van der Waals surface area contributed by atoms with E-state index < -0.39 is 0 Å². The van der Waals surface area contributed by atoms with Crippen LogP contribution in [-0.2, 0) is 7.05 Å². The highest BCUT2D eigenvalue weighted by Crippen LogP contribution is 2.19. The highest BCUT2D eigenvalue weighted by Gasteiger charge is 2.19. The molecule has 1 aromatic heterocycles. The molecule has 1 aromatic rings. The van der Waals surface area contributed by atoms with Crippen LogP contribution in [0.15, 0.2) is 17.3 Å². The predicted octanol–water partition coefficient (Wildman–Crippen LogP) is 2.04. The summed E-state index contributed by atoms with van der Waals surface area (Å²) in [5, 5.41) is 7.68. The van der Waals surface area contributed by atoms with Crippen molar-refractivity contribution in [2.45, 2.75) is 36.6 Å². The monoisotopic (exact) mass is 225 g/mol. The van der Waals surface area contributed by atoms with E-state index in [0.29, 0.717) is 0 Å². The molecule has 0 aliphatic heterocycles. The van der Waals surface area contributed by atoms with Crippen LogP contribution in [0.3, 0.4) is 0 Å². The number of aryl methyl sites for hydroxylation is 1. The first-order valence-electron chi connectivity index (χ1n) is 5.69. The summed E-state index contributed by atoms with van der Waals surface area (Å²) >= 11 is 1.90. The third kappa shape index (κ3) is 4.26. The third-order valence-electron chi connectivity index (χ3n) is 2.53. The smallest absolute Gasteiger partial charge is 0.0625 e. The van der Waals surface area contributed by atoms with E-state index in [4.69, 9.17) is 0 Å². The van der Waals surface area contributed by atoms with E-state index in [1.165, 1.54) is 42.9 Å². The fourth-order valence-corrected chi connectivity index (χ4v) is 2.42. The van der Waals surface area contributed by atoms with Gasteiger partial charge in [-0.25, -0.2) is 0 Å². The summed E-state index contributed by atoms with van der Waals surface area (Å²) in [6, 6.07) is 0.857. The summed E-state index contributed by atoms with van der Waals surface area (Å²) in [6.45, 7) is 1.19. The van der Waals surface area contributed by atoms with E-state index in [-0.39, 0.29) is 0 Å². The molecule has 1 aliphatic carbocycles. The van der Waals surface area contributed by atoms with Crippen LogP contribution in [0.4, 0.5) is 0 Å². The minimum Gasteiger partial charge on any atom is -0.314 e. The number of thioether (sulfide) groups is 1. The van der Waals surface area contributed by atoms with E-state index in [0.717, 1.165) is 6.04 Å². The molecule has 1 aliphatic rings. The second kappa shape index (κ2) is 5.56. The number of unbranched alkanes of at least 4 members (excludes halogenated alkanes) is 1. The van der Waals surface area contributed by atoms with Crippen molar-refractivity contribution < 1.29 is 0 Å². The number of rotatable bonds is 7. The van der Waals surface area contributed by atoms with Crippen molar-refractivity contribution in [3.05, 3.63) is 12.4 Å². The molecule has 84 valence electrons. The normalized spacial score (nSPS) is 15.8. The lowest BCUT2D eigenvalue weighted by Crippen LogP contribution is -2.17. The van der Waals surface area contributed by atoms with E-state index in [2.05, 4.69) is 16.6 Å². The second-order valence-corrected chi connectivity index (χ2v) is 5.30. The van der Waals surface area contributed by atoms with Crippen LogP contribution in [-0.4, -0.2) is 28.1 Å². The van der Waals surface area contributed by atoms with Crippen LogP contribution in [0.1, 0.15) is 25.7 Å². The zero-order chi connectivity index (χ0) is 10.5. The molecule has 1 N–H and O–H groups in total. The first-order chi connectivity index (χ1) is 7.34. The van der Waals surface area contributed by atoms with Crippen LogP contribution < -0.4 is 5.32 Å². The first-order valence-corrected chi connectivity index (χ1v) is 6.68. The first kappa shape index (κ1) is 11.0. The van der Waals surface area contributed by atoms with E-state index in [1.807, 2.05) is 29.7 Å². The van der Waals surface area contributed by atoms with Crippen molar-refractivity contribution in [2.24, 2.45) is 7.05 Å². The predicted molar refractivity (Wildman–Crippen MR) is 64.2 cm³/mol. The second-order valence-electron chi connectivity index (χ2n) is 4.13. The molecule has 0 saturated heterocycles. The van der Waals surface area contributed by atoms with Gasteiger partial charge in [0.2, 0.25) is 0 Å². The Morgan fingerprint density at radius 3 is 3.07 bits per heavy atom. The van der Waals surface area contributed by atoms with Crippen molar-refractivity contribution in [1.82, 2.24) is 15.1 Å². The number of nitrogens with one attached hydrogen (secondary N) is 1. The molecule has 0 bridgehead atoms. The van der Waals surface area contributed by atoms with Gasteiger partial charge >= 0.3 is 0 Å². The summed E-state index contributed by atoms with van der Waals surface area (Å²) in [5.74, 6) is 1.21. The Balaban J connectivity index is 1.47. The fraction of sp³-hybridized carbons (Fsp3) is 0.727. The van der Waals surface area contributed by atoms with Gasteiger partial charge in [-0.05, 0) is 38.0 Å². The Morgan fingerprint density at radius 2 is 2.40 bits per heavy atom. The van der Waals surface area contributed by atoms with Gasteiger partial charge in [0.05, 0.1) is 6.20 Å². The largest absolute Gasteiger partial charge is 0.314 e. The summed E-state index contributed by atoms with van der Waals surface area (Å²) in [6.07, 6.45) is 9.39. The minimum atomic E-state index is 0.857. The van der Waals surface area contributed by atoms with Crippen LogP contribution in [0, 0.1) is 0 Å². The number of nitrogens with zero attached hydrogens (tertiary/aromatic N) is 2. The SMILES string of the molecule is Cn1cc(SCCCCNC2CC2)cn1. The quantitative estimate of drug-likeness (QED) is 0.569. The Bertz CT molecular complexity index is 294. The zero-order valence-electron chi connectivity index (χ0n) is 9.28. The van der Waals surface area contributed by atoms with Crippen molar-refractivity contribution in [1.29, 1.82) is 0 Å². The summed E-state index contributed by atoms with van der Waals surface area (Å²) in [7, 11) is 1.96. The molecule has 0 atom stereocenters. The molecule has 0 unspecified atom stereocenters.